The summed E-state index contributed by atoms with van der Waals surface area (Å²) < 4.78 is 31.5. The minimum atomic E-state index is -3.17. The summed E-state index contributed by atoms with van der Waals surface area (Å²) in [5.41, 5.74) is 2.22. The normalized spacial score (nSPS) is 25.4. The molecule has 1 heterocycles. The molecular weight excluding hydrogens is 262 g/mol. The van der Waals surface area contributed by atoms with Crippen molar-refractivity contribution in [1.29, 1.82) is 0 Å². The summed E-state index contributed by atoms with van der Waals surface area (Å²) in [4.78, 5) is 0. The van der Waals surface area contributed by atoms with Crippen LogP contribution in [0.5, 0.6) is 0 Å². The van der Waals surface area contributed by atoms with E-state index < -0.39 is 10.0 Å². The third-order valence-electron chi connectivity index (χ3n) is 3.55. The molecule has 4 nitrogen and oxygen atoms in total. The second-order valence-electron chi connectivity index (χ2n) is 5.05. The summed E-state index contributed by atoms with van der Waals surface area (Å²) in [6.45, 7) is 6.44. The summed E-state index contributed by atoms with van der Waals surface area (Å²) in [5, 5.41) is 0. The van der Waals surface area contributed by atoms with Crippen molar-refractivity contribution in [2.75, 3.05) is 18.9 Å². The second-order valence-corrected chi connectivity index (χ2v) is 7.26. The molecule has 0 aliphatic carbocycles. The van der Waals surface area contributed by atoms with Crippen molar-refractivity contribution < 1.29 is 13.2 Å². The highest BCUT2D eigenvalue weighted by atomic mass is 32.2. The lowest BCUT2D eigenvalue weighted by molar-refractivity contribution is -0.0288. The maximum absolute atomic E-state index is 12.1. The average Bonchev–Trinajstić information content (AvgIpc) is 2.40. The topological polar surface area (TPSA) is 46.6 Å². The first-order valence-corrected chi connectivity index (χ1v) is 8.22. The van der Waals surface area contributed by atoms with Crippen LogP contribution in [0.2, 0.25) is 0 Å². The molecule has 2 rings (SSSR count). The lowest BCUT2D eigenvalue weighted by Gasteiger charge is -2.37. The van der Waals surface area contributed by atoms with Gasteiger partial charge in [-0.25, -0.2) is 8.42 Å². The number of ether oxygens (including phenoxy) is 1. The molecule has 0 N–H and O–H groups in total. The van der Waals surface area contributed by atoms with Crippen molar-refractivity contribution in [3.05, 3.63) is 35.4 Å². The number of rotatable bonds is 3. The van der Waals surface area contributed by atoms with Crippen molar-refractivity contribution >= 4 is 10.0 Å². The van der Waals surface area contributed by atoms with Gasteiger partial charge in [0, 0.05) is 12.6 Å². The molecule has 0 saturated carbocycles. The molecule has 0 bridgehead atoms. The van der Waals surface area contributed by atoms with E-state index in [1.165, 1.54) is 5.56 Å². The second kappa shape index (κ2) is 5.61. The van der Waals surface area contributed by atoms with Crippen LogP contribution < -0.4 is 0 Å². The van der Waals surface area contributed by atoms with Crippen molar-refractivity contribution in [3.63, 3.8) is 0 Å². The van der Waals surface area contributed by atoms with Gasteiger partial charge in [0.15, 0.2) is 0 Å². The highest BCUT2D eigenvalue weighted by Crippen LogP contribution is 2.27. The first-order valence-electron chi connectivity index (χ1n) is 6.61. The largest absolute Gasteiger partial charge is 0.370 e. The molecule has 0 aromatic heterocycles. The molecule has 0 amide bonds. The van der Waals surface area contributed by atoms with Crippen molar-refractivity contribution in [2.24, 2.45) is 0 Å². The summed E-state index contributed by atoms with van der Waals surface area (Å²) in [6.07, 6.45) is -0.168. The van der Waals surface area contributed by atoms with E-state index in [1.807, 2.05) is 38.1 Å². The van der Waals surface area contributed by atoms with Crippen LogP contribution in [0.25, 0.3) is 0 Å². The lowest BCUT2D eigenvalue weighted by Crippen LogP contribution is -2.48. The molecule has 1 saturated heterocycles. The Morgan fingerprint density at radius 1 is 1.32 bits per heavy atom. The SMILES string of the molecule is CCS(=O)(=O)N1CC(c2ccc(C)cc2)OCC1C. The van der Waals surface area contributed by atoms with Crippen LogP contribution in [0.1, 0.15) is 31.1 Å². The van der Waals surface area contributed by atoms with E-state index in [1.54, 1.807) is 11.2 Å². The van der Waals surface area contributed by atoms with Crippen LogP contribution in [-0.2, 0) is 14.8 Å². The molecule has 2 unspecified atom stereocenters. The monoisotopic (exact) mass is 283 g/mol. The van der Waals surface area contributed by atoms with E-state index in [0.717, 1.165) is 5.56 Å². The number of morpholine rings is 1. The van der Waals surface area contributed by atoms with E-state index in [4.69, 9.17) is 4.74 Å². The van der Waals surface area contributed by atoms with Gasteiger partial charge in [-0.15, -0.1) is 0 Å². The summed E-state index contributed by atoms with van der Waals surface area (Å²) in [5.74, 6) is 0.137. The maximum atomic E-state index is 12.1. The standard InChI is InChI=1S/C14H21NO3S/c1-4-19(16,17)15-9-14(18-10-12(15)3)13-7-5-11(2)6-8-13/h5-8,12,14H,4,9-10H2,1-3H3. The molecular formula is C14H21NO3S. The van der Waals surface area contributed by atoms with Crippen LogP contribution in [0, 0.1) is 6.92 Å². The molecule has 1 aromatic carbocycles. The van der Waals surface area contributed by atoms with E-state index >= 15 is 0 Å². The number of aryl methyl sites for hydroxylation is 1. The zero-order valence-electron chi connectivity index (χ0n) is 11.7. The number of sulfonamides is 1. The van der Waals surface area contributed by atoms with Gasteiger partial charge in [0.2, 0.25) is 10.0 Å². The van der Waals surface area contributed by atoms with Gasteiger partial charge < -0.3 is 4.74 Å². The van der Waals surface area contributed by atoms with Gasteiger partial charge in [0.1, 0.15) is 0 Å². The van der Waals surface area contributed by atoms with Gasteiger partial charge in [-0.3, -0.25) is 0 Å². The average molecular weight is 283 g/mol. The molecule has 19 heavy (non-hydrogen) atoms. The van der Waals surface area contributed by atoms with E-state index in [0.29, 0.717) is 13.2 Å². The molecule has 0 radical (unpaired) electrons. The Bertz CT molecular complexity index is 524. The molecule has 106 valence electrons. The number of hydrogen-bond acceptors (Lipinski definition) is 3. The number of nitrogens with zero attached hydrogens (tertiary/aromatic N) is 1. The van der Waals surface area contributed by atoms with Gasteiger partial charge in [0.25, 0.3) is 0 Å². The number of benzene rings is 1. The minimum Gasteiger partial charge on any atom is -0.370 e. The van der Waals surface area contributed by atoms with Gasteiger partial charge in [-0.05, 0) is 26.3 Å². The molecule has 1 aromatic rings. The molecule has 0 spiro atoms. The molecule has 5 heteroatoms. The predicted molar refractivity (Wildman–Crippen MR) is 75.5 cm³/mol. The van der Waals surface area contributed by atoms with E-state index in [2.05, 4.69) is 0 Å². The molecule has 1 aliphatic heterocycles. The highest BCUT2D eigenvalue weighted by Gasteiger charge is 2.33. The zero-order chi connectivity index (χ0) is 14.0. The Morgan fingerprint density at radius 2 is 1.95 bits per heavy atom. The van der Waals surface area contributed by atoms with Gasteiger partial charge in [0.05, 0.1) is 18.5 Å². The van der Waals surface area contributed by atoms with Crippen molar-refractivity contribution in [1.82, 2.24) is 4.31 Å². The van der Waals surface area contributed by atoms with Crippen LogP contribution in [0.3, 0.4) is 0 Å². The Morgan fingerprint density at radius 3 is 2.53 bits per heavy atom. The fourth-order valence-corrected chi connectivity index (χ4v) is 3.57. The Hall–Kier alpha value is -0.910. The zero-order valence-corrected chi connectivity index (χ0v) is 12.5. The van der Waals surface area contributed by atoms with Gasteiger partial charge in [-0.1, -0.05) is 29.8 Å². The minimum absolute atomic E-state index is 0.0911. The van der Waals surface area contributed by atoms with Crippen LogP contribution in [-0.4, -0.2) is 37.7 Å². The molecule has 1 aliphatic rings. The first-order chi connectivity index (χ1) is 8.94. The fourth-order valence-electron chi connectivity index (χ4n) is 2.27. The Kier molecular flexibility index (Phi) is 4.28. The van der Waals surface area contributed by atoms with Gasteiger partial charge in [-0.2, -0.15) is 4.31 Å². The quantitative estimate of drug-likeness (QED) is 0.853. The van der Waals surface area contributed by atoms with E-state index in [-0.39, 0.29) is 17.9 Å². The van der Waals surface area contributed by atoms with Crippen LogP contribution in [0.15, 0.2) is 24.3 Å². The third kappa shape index (κ3) is 3.16. The molecule has 1 fully saturated rings. The Balaban J connectivity index is 2.20. The summed E-state index contributed by atoms with van der Waals surface area (Å²) in [6, 6.07) is 7.97. The number of hydrogen-bond donors (Lipinski definition) is 0. The smallest absolute Gasteiger partial charge is 0.214 e. The van der Waals surface area contributed by atoms with Crippen molar-refractivity contribution in [3.8, 4) is 0 Å². The first kappa shape index (κ1) is 14.5. The summed E-state index contributed by atoms with van der Waals surface area (Å²) in [7, 11) is -3.17. The van der Waals surface area contributed by atoms with Crippen LogP contribution in [0.4, 0.5) is 0 Å². The van der Waals surface area contributed by atoms with Crippen molar-refractivity contribution in [2.45, 2.75) is 32.9 Å². The molecule has 2 atom stereocenters. The lowest BCUT2D eigenvalue weighted by atomic mass is 10.1. The van der Waals surface area contributed by atoms with E-state index in [9.17, 15) is 8.42 Å². The highest BCUT2D eigenvalue weighted by molar-refractivity contribution is 7.89. The van der Waals surface area contributed by atoms with Gasteiger partial charge >= 0.3 is 0 Å². The maximum Gasteiger partial charge on any atom is 0.214 e. The fraction of sp³-hybridized carbons (Fsp3) is 0.571. The van der Waals surface area contributed by atoms with Crippen LogP contribution >= 0.6 is 0 Å². The predicted octanol–water partition coefficient (Wildman–Crippen LogP) is 2.11. The Labute approximate surface area is 115 Å². The third-order valence-corrected chi connectivity index (χ3v) is 5.50. The summed E-state index contributed by atoms with van der Waals surface area (Å²) >= 11 is 0.